The third-order valence-electron chi connectivity index (χ3n) is 4.28. The molecule has 0 amide bonds. The zero-order valence-electron chi connectivity index (χ0n) is 10.5. The van der Waals surface area contributed by atoms with Crippen molar-refractivity contribution in [2.45, 2.75) is 56.2 Å². The van der Waals surface area contributed by atoms with Crippen LogP contribution < -0.4 is 5.32 Å². The maximum Gasteiger partial charge on any atom is 0.123 e. The van der Waals surface area contributed by atoms with Crippen molar-refractivity contribution < 1.29 is 9.50 Å². The molecule has 0 saturated carbocycles. The second-order valence-corrected chi connectivity index (χ2v) is 5.93. The van der Waals surface area contributed by atoms with Crippen LogP contribution in [0, 0.1) is 5.82 Å². The summed E-state index contributed by atoms with van der Waals surface area (Å²) < 4.78 is 12.9. The lowest BCUT2D eigenvalue weighted by Crippen LogP contribution is -2.56. The number of hydrogen-bond acceptors (Lipinski definition) is 2. The first-order valence-electron chi connectivity index (χ1n) is 6.86. The topological polar surface area (TPSA) is 32.3 Å². The highest BCUT2D eigenvalue weighted by molar-refractivity contribution is 5.19. The van der Waals surface area contributed by atoms with Crippen LogP contribution in [0.1, 0.15) is 37.7 Å². The fourth-order valence-electron chi connectivity index (χ4n) is 3.56. The monoisotopic (exact) mass is 249 g/mol. The van der Waals surface area contributed by atoms with E-state index in [1.165, 1.54) is 31.4 Å². The molecule has 98 valence electrons. The van der Waals surface area contributed by atoms with Gasteiger partial charge in [0.05, 0.1) is 5.60 Å². The van der Waals surface area contributed by atoms with Crippen molar-refractivity contribution in [2.24, 2.45) is 0 Å². The van der Waals surface area contributed by atoms with Gasteiger partial charge in [-0.25, -0.2) is 4.39 Å². The van der Waals surface area contributed by atoms with E-state index >= 15 is 0 Å². The van der Waals surface area contributed by atoms with E-state index in [1.54, 1.807) is 12.1 Å². The molecule has 2 nitrogen and oxygen atoms in total. The van der Waals surface area contributed by atoms with Crippen molar-refractivity contribution >= 4 is 0 Å². The van der Waals surface area contributed by atoms with Gasteiger partial charge in [-0.05, 0) is 43.4 Å². The number of nitrogens with one attached hydrogen (secondary N) is 1. The van der Waals surface area contributed by atoms with Crippen molar-refractivity contribution in [3.8, 4) is 0 Å². The first-order chi connectivity index (χ1) is 8.63. The Morgan fingerprint density at radius 1 is 1.17 bits per heavy atom. The Morgan fingerprint density at radius 3 is 2.39 bits per heavy atom. The number of benzene rings is 1. The van der Waals surface area contributed by atoms with Gasteiger partial charge in [-0.15, -0.1) is 0 Å². The van der Waals surface area contributed by atoms with E-state index in [0.29, 0.717) is 18.5 Å². The van der Waals surface area contributed by atoms with E-state index in [0.717, 1.165) is 18.4 Å². The van der Waals surface area contributed by atoms with Crippen LogP contribution in [-0.4, -0.2) is 22.8 Å². The predicted molar refractivity (Wildman–Crippen MR) is 68.9 cm³/mol. The van der Waals surface area contributed by atoms with Crippen LogP contribution in [0.25, 0.3) is 0 Å². The van der Waals surface area contributed by atoms with Gasteiger partial charge in [-0.2, -0.15) is 0 Å². The lowest BCUT2D eigenvalue weighted by molar-refractivity contribution is -0.0302. The van der Waals surface area contributed by atoms with Crippen LogP contribution in [0.2, 0.25) is 0 Å². The molecule has 0 radical (unpaired) electrons. The van der Waals surface area contributed by atoms with E-state index in [9.17, 15) is 9.50 Å². The van der Waals surface area contributed by atoms with Gasteiger partial charge in [0.25, 0.3) is 0 Å². The van der Waals surface area contributed by atoms with Crippen LogP contribution in [0.15, 0.2) is 24.3 Å². The summed E-state index contributed by atoms with van der Waals surface area (Å²) in [5.74, 6) is -0.215. The Balaban J connectivity index is 1.72. The molecule has 2 N–H and O–H groups in total. The van der Waals surface area contributed by atoms with Gasteiger partial charge in [0.2, 0.25) is 0 Å². The molecule has 18 heavy (non-hydrogen) atoms. The highest BCUT2D eigenvalue weighted by Gasteiger charge is 2.40. The van der Waals surface area contributed by atoms with Crippen molar-refractivity contribution in [3.63, 3.8) is 0 Å². The third kappa shape index (κ3) is 2.57. The number of halogens is 1. The molecule has 2 aliphatic rings. The Labute approximate surface area is 107 Å². The Kier molecular flexibility index (Phi) is 3.12. The minimum absolute atomic E-state index is 0.215. The average Bonchev–Trinajstić information content (AvgIpc) is 2.31. The van der Waals surface area contributed by atoms with Gasteiger partial charge >= 0.3 is 0 Å². The molecule has 0 spiro atoms. The number of hydrogen-bond donors (Lipinski definition) is 2. The molecule has 2 atom stereocenters. The van der Waals surface area contributed by atoms with Gasteiger partial charge in [-0.1, -0.05) is 18.6 Å². The van der Waals surface area contributed by atoms with Crippen LogP contribution in [-0.2, 0) is 6.42 Å². The van der Waals surface area contributed by atoms with Gasteiger partial charge in [0.15, 0.2) is 0 Å². The lowest BCUT2D eigenvalue weighted by atomic mass is 9.74. The predicted octanol–water partition coefficient (Wildman–Crippen LogP) is 2.40. The van der Waals surface area contributed by atoms with Gasteiger partial charge in [-0.3, -0.25) is 0 Å². The largest absolute Gasteiger partial charge is 0.389 e. The van der Waals surface area contributed by atoms with Gasteiger partial charge in [0.1, 0.15) is 5.82 Å². The molecular formula is C15H20FNO. The summed E-state index contributed by atoms with van der Waals surface area (Å²) in [6, 6.07) is 7.43. The van der Waals surface area contributed by atoms with E-state index < -0.39 is 5.60 Å². The van der Waals surface area contributed by atoms with Crippen molar-refractivity contribution in [1.29, 1.82) is 0 Å². The quantitative estimate of drug-likeness (QED) is 0.843. The molecule has 0 aromatic heterocycles. The molecule has 2 heterocycles. The van der Waals surface area contributed by atoms with Crippen LogP contribution >= 0.6 is 0 Å². The summed E-state index contributed by atoms with van der Waals surface area (Å²) in [4.78, 5) is 0. The Hall–Kier alpha value is -0.930. The minimum atomic E-state index is -0.612. The van der Waals surface area contributed by atoms with Crippen LogP contribution in [0.3, 0.4) is 0 Å². The maximum atomic E-state index is 12.9. The number of fused-ring (bicyclic) bond motifs is 2. The van der Waals surface area contributed by atoms with E-state index in [-0.39, 0.29) is 5.82 Å². The zero-order chi connectivity index (χ0) is 12.6. The SMILES string of the molecule is OC1(Cc2ccc(F)cc2)CC2CCCC(C1)N2. The fourth-order valence-corrected chi connectivity index (χ4v) is 3.56. The molecule has 2 aliphatic heterocycles. The summed E-state index contributed by atoms with van der Waals surface area (Å²) in [5.41, 5.74) is 0.414. The van der Waals surface area contributed by atoms with E-state index in [2.05, 4.69) is 5.32 Å². The van der Waals surface area contributed by atoms with E-state index in [1.807, 2.05) is 0 Å². The normalized spacial score (nSPS) is 35.4. The molecule has 0 aliphatic carbocycles. The molecule has 1 aromatic rings. The molecular weight excluding hydrogens is 229 g/mol. The standard InChI is InChI=1S/C15H20FNO/c16-12-6-4-11(5-7-12)8-15(18)9-13-2-1-3-14(10-15)17-13/h4-7,13-14,17-18H,1-3,8-10H2. The fraction of sp³-hybridized carbons (Fsp3) is 0.600. The average molecular weight is 249 g/mol. The smallest absolute Gasteiger partial charge is 0.123 e. The van der Waals surface area contributed by atoms with Crippen molar-refractivity contribution in [2.75, 3.05) is 0 Å². The summed E-state index contributed by atoms with van der Waals surface area (Å²) in [7, 11) is 0. The Morgan fingerprint density at radius 2 is 1.78 bits per heavy atom. The first-order valence-corrected chi connectivity index (χ1v) is 6.86. The molecule has 3 rings (SSSR count). The van der Waals surface area contributed by atoms with Gasteiger partial charge in [0, 0.05) is 18.5 Å². The first kappa shape index (κ1) is 12.1. The third-order valence-corrected chi connectivity index (χ3v) is 4.28. The zero-order valence-corrected chi connectivity index (χ0v) is 10.5. The molecule has 2 bridgehead atoms. The van der Waals surface area contributed by atoms with Crippen LogP contribution in [0.5, 0.6) is 0 Å². The van der Waals surface area contributed by atoms with Crippen molar-refractivity contribution in [1.82, 2.24) is 5.32 Å². The van der Waals surface area contributed by atoms with E-state index in [4.69, 9.17) is 0 Å². The summed E-state index contributed by atoms with van der Waals surface area (Å²) in [5, 5.41) is 14.3. The second-order valence-electron chi connectivity index (χ2n) is 5.93. The van der Waals surface area contributed by atoms with Crippen molar-refractivity contribution in [3.05, 3.63) is 35.6 Å². The summed E-state index contributed by atoms with van der Waals surface area (Å²) in [6.45, 7) is 0. The van der Waals surface area contributed by atoms with Crippen LogP contribution in [0.4, 0.5) is 4.39 Å². The molecule has 2 saturated heterocycles. The molecule has 1 aromatic carbocycles. The summed E-state index contributed by atoms with van der Waals surface area (Å²) >= 11 is 0. The molecule has 2 fully saturated rings. The second kappa shape index (κ2) is 4.63. The molecule has 3 heteroatoms. The number of piperidine rings is 2. The number of aliphatic hydroxyl groups is 1. The highest BCUT2D eigenvalue weighted by Crippen LogP contribution is 2.34. The highest BCUT2D eigenvalue weighted by atomic mass is 19.1. The summed E-state index contributed by atoms with van der Waals surface area (Å²) in [6.07, 6.45) is 5.89. The molecule has 2 unspecified atom stereocenters. The Bertz CT molecular complexity index is 405. The lowest BCUT2D eigenvalue weighted by Gasteiger charge is -2.45. The van der Waals surface area contributed by atoms with Gasteiger partial charge < -0.3 is 10.4 Å². The minimum Gasteiger partial charge on any atom is -0.389 e. The maximum absolute atomic E-state index is 12.9. The number of rotatable bonds is 2.